The molecule has 0 aliphatic heterocycles. The van der Waals surface area contributed by atoms with Gasteiger partial charge in [0.2, 0.25) is 11.8 Å². The Kier molecular flexibility index (Phi) is 3.56. The molecule has 0 saturated carbocycles. The number of hydrogen-bond acceptors (Lipinski definition) is 6. The highest BCUT2D eigenvalue weighted by Crippen LogP contribution is 2.25. The van der Waals surface area contributed by atoms with E-state index in [9.17, 15) is 10.1 Å². The topological polar surface area (TPSA) is 93.0 Å². The van der Waals surface area contributed by atoms with Crippen LogP contribution in [0.3, 0.4) is 0 Å². The number of aryl methyl sites for hydroxylation is 1. The number of benzene rings is 1. The monoisotopic (exact) mass is 259 g/mol. The molecule has 2 N–H and O–H groups in total. The first kappa shape index (κ1) is 12.7. The summed E-state index contributed by atoms with van der Waals surface area (Å²) in [4.78, 5) is 18.3. The van der Waals surface area contributed by atoms with E-state index in [1.54, 1.807) is 7.05 Å². The Morgan fingerprint density at radius 3 is 2.53 bits per heavy atom. The summed E-state index contributed by atoms with van der Waals surface area (Å²) >= 11 is 0. The molecule has 0 fully saturated rings. The second-order valence-electron chi connectivity index (χ2n) is 3.93. The molecule has 7 heteroatoms. The third-order valence-electron chi connectivity index (χ3n) is 2.50. The van der Waals surface area contributed by atoms with Crippen molar-refractivity contribution in [2.75, 3.05) is 17.7 Å². The predicted molar refractivity (Wildman–Crippen MR) is 72.7 cm³/mol. The van der Waals surface area contributed by atoms with Crippen LogP contribution in [0.5, 0.6) is 0 Å². The van der Waals surface area contributed by atoms with Gasteiger partial charge in [-0.1, -0.05) is 17.7 Å². The van der Waals surface area contributed by atoms with Gasteiger partial charge in [-0.05, 0) is 19.1 Å². The summed E-state index contributed by atoms with van der Waals surface area (Å²) in [6.45, 7) is 1.97. The van der Waals surface area contributed by atoms with Gasteiger partial charge in [-0.3, -0.25) is 10.1 Å². The van der Waals surface area contributed by atoms with Crippen molar-refractivity contribution in [2.45, 2.75) is 6.92 Å². The number of nitrogens with one attached hydrogen (secondary N) is 2. The highest BCUT2D eigenvalue weighted by Gasteiger charge is 2.17. The van der Waals surface area contributed by atoms with E-state index in [1.165, 1.54) is 6.20 Å². The van der Waals surface area contributed by atoms with E-state index in [2.05, 4.69) is 20.6 Å². The zero-order valence-corrected chi connectivity index (χ0v) is 10.5. The molecule has 2 aromatic rings. The van der Waals surface area contributed by atoms with Gasteiger partial charge in [-0.25, -0.2) is 4.98 Å². The number of hydrogen-bond donors (Lipinski definition) is 2. The molecule has 2 rings (SSSR count). The lowest BCUT2D eigenvalue weighted by Crippen LogP contribution is -2.04. The molecular weight excluding hydrogens is 246 g/mol. The lowest BCUT2D eigenvalue weighted by Gasteiger charge is -2.07. The molecule has 0 radical (unpaired) electrons. The van der Waals surface area contributed by atoms with Crippen LogP contribution in [0.1, 0.15) is 5.56 Å². The summed E-state index contributed by atoms with van der Waals surface area (Å²) in [7, 11) is 1.65. The Morgan fingerprint density at radius 2 is 1.95 bits per heavy atom. The lowest BCUT2D eigenvalue weighted by molar-refractivity contribution is -0.384. The van der Waals surface area contributed by atoms with E-state index in [1.807, 2.05) is 31.2 Å². The van der Waals surface area contributed by atoms with Crippen molar-refractivity contribution in [3.8, 4) is 0 Å². The van der Waals surface area contributed by atoms with Crippen LogP contribution in [-0.2, 0) is 0 Å². The minimum Gasteiger partial charge on any atom is -0.357 e. The van der Waals surface area contributed by atoms with Crippen LogP contribution in [0.15, 0.2) is 30.5 Å². The zero-order chi connectivity index (χ0) is 13.8. The van der Waals surface area contributed by atoms with Gasteiger partial charge in [0, 0.05) is 12.7 Å². The summed E-state index contributed by atoms with van der Waals surface area (Å²) in [6.07, 6.45) is 1.18. The van der Waals surface area contributed by atoms with Gasteiger partial charge in [0.05, 0.1) is 4.92 Å². The molecule has 19 heavy (non-hydrogen) atoms. The van der Waals surface area contributed by atoms with E-state index in [4.69, 9.17) is 0 Å². The Balaban J connectivity index is 2.36. The fourth-order valence-corrected chi connectivity index (χ4v) is 1.50. The van der Waals surface area contributed by atoms with Gasteiger partial charge in [0.1, 0.15) is 6.20 Å². The molecule has 0 amide bonds. The Hall–Kier alpha value is -2.70. The zero-order valence-electron chi connectivity index (χ0n) is 10.5. The molecule has 0 atom stereocenters. The Bertz CT molecular complexity index is 598. The summed E-state index contributed by atoms with van der Waals surface area (Å²) in [5, 5.41) is 16.6. The van der Waals surface area contributed by atoms with Crippen LogP contribution in [0.2, 0.25) is 0 Å². The number of rotatable bonds is 4. The average Bonchev–Trinajstić information content (AvgIpc) is 2.41. The first-order valence-electron chi connectivity index (χ1n) is 5.63. The molecule has 0 unspecified atom stereocenters. The van der Waals surface area contributed by atoms with Crippen LogP contribution in [0, 0.1) is 17.0 Å². The van der Waals surface area contributed by atoms with E-state index in [0.29, 0.717) is 5.95 Å². The van der Waals surface area contributed by atoms with Crippen LogP contribution >= 0.6 is 0 Å². The van der Waals surface area contributed by atoms with E-state index < -0.39 is 4.92 Å². The normalized spacial score (nSPS) is 10.0. The molecule has 0 bridgehead atoms. The summed E-state index contributed by atoms with van der Waals surface area (Å²) in [5.74, 6) is 0.480. The highest BCUT2D eigenvalue weighted by atomic mass is 16.6. The minimum atomic E-state index is -0.518. The maximum Gasteiger partial charge on any atom is 0.329 e. The smallest absolute Gasteiger partial charge is 0.329 e. The molecule has 0 saturated heterocycles. The third-order valence-corrected chi connectivity index (χ3v) is 2.50. The summed E-state index contributed by atoms with van der Waals surface area (Å²) in [6, 6.07) is 7.49. The van der Waals surface area contributed by atoms with Crippen LogP contribution in [0.4, 0.5) is 23.1 Å². The quantitative estimate of drug-likeness (QED) is 0.647. The SMILES string of the molecule is CNc1ncc([N+](=O)[O-])c(Nc2ccc(C)cc2)n1. The largest absolute Gasteiger partial charge is 0.357 e. The number of nitrogens with zero attached hydrogens (tertiary/aromatic N) is 3. The standard InChI is InChI=1S/C12H13N5O2/c1-8-3-5-9(6-4-8)15-11-10(17(18)19)7-14-12(13-2)16-11/h3-7H,1-2H3,(H2,13,14,15,16). The molecule has 98 valence electrons. The van der Waals surface area contributed by atoms with Gasteiger partial charge in [-0.2, -0.15) is 4.98 Å². The van der Waals surface area contributed by atoms with Crippen LogP contribution < -0.4 is 10.6 Å². The van der Waals surface area contributed by atoms with Gasteiger partial charge in [0.25, 0.3) is 0 Å². The minimum absolute atomic E-state index is 0.160. The van der Waals surface area contributed by atoms with Gasteiger partial charge < -0.3 is 10.6 Å². The van der Waals surface area contributed by atoms with Crippen molar-refractivity contribution in [2.24, 2.45) is 0 Å². The number of anilines is 3. The van der Waals surface area contributed by atoms with Crippen molar-refractivity contribution >= 4 is 23.1 Å². The molecule has 7 nitrogen and oxygen atoms in total. The highest BCUT2D eigenvalue weighted by molar-refractivity contribution is 5.66. The fraction of sp³-hybridized carbons (Fsp3) is 0.167. The predicted octanol–water partition coefficient (Wildman–Crippen LogP) is 2.48. The first-order valence-corrected chi connectivity index (χ1v) is 5.63. The molecule has 1 aromatic heterocycles. The maximum atomic E-state index is 10.9. The van der Waals surface area contributed by atoms with Crippen molar-refractivity contribution in [3.05, 3.63) is 46.1 Å². The van der Waals surface area contributed by atoms with E-state index in [0.717, 1.165) is 11.3 Å². The molecule has 0 aliphatic carbocycles. The molecule has 0 spiro atoms. The Labute approximate surface area is 109 Å². The molecule has 1 aromatic carbocycles. The van der Waals surface area contributed by atoms with Crippen molar-refractivity contribution in [1.82, 2.24) is 9.97 Å². The summed E-state index contributed by atoms with van der Waals surface area (Å²) in [5.41, 5.74) is 1.67. The molecular formula is C12H13N5O2. The van der Waals surface area contributed by atoms with Crippen LogP contribution in [0.25, 0.3) is 0 Å². The van der Waals surface area contributed by atoms with E-state index >= 15 is 0 Å². The first-order chi connectivity index (χ1) is 9.10. The van der Waals surface area contributed by atoms with E-state index in [-0.39, 0.29) is 11.5 Å². The van der Waals surface area contributed by atoms with Crippen LogP contribution in [-0.4, -0.2) is 21.9 Å². The number of aromatic nitrogens is 2. The van der Waals surface area contributed by atoms with Crippen molar-refractivity contribution in [1.29, 1.82) is 0 Å². The fourth-order valence-electron chi connectivity index (χ4n) is 1.50. The van der Waals surface area contributed by atoms with Crippen molar-refractivity contribution < 1.29 is 4.92 Å². The van der Waals surface area contributed by atoms with Gasteiger partial charge in [-0.15, -0.1) is 0 Å². The van der Waals surface area contributed by atoms with Gasteiger partial charge >= 0.3 is 5.69 Å². The Morgan fingerprint density at radius 1 is 1.26 bits per heavy atom. The second kappa shape index (κ2) is 5.30. The third kappa shape index (κ3) is 2.95. The maximum absolute atomic E-state index is 10.9. The summed E-state index contributed by atoms with van der Waals surface area (Å²) < 4.78 is 0. The number of nitro groups is 1. The lowest BCUT2D eigenvalue weighted by atomic mass is 10.2. The second-order valence-corrected chi connectivity index (χ2v) is 3.93. The van der Waals surface area contributed by atoms with Gasteiger partial charge in [0.15, 0.2) is 0 Å². The average molecular weight is 259 g/mol. The van der Waals surface area contributed by atoms with Crippen molar-refractivity contribution in [3.63, 3.8) is 0 Å². The molecule has 0 aliphatic rings. The molecule has 1 heterocycles.